The molecule has 1 fully saturated rings. The molecule has 22 heavy (non-hydrogen) atoms. The minimum atomic E-state index is -0.981. The van der Waals surface area contributed by atoms with Crippen molar-refractivity contribution >= 4 is 29.3 Å². The van der Waals surface area contributed by atoms with Gasteiger partial charge in [0.05, 0.1) is 36.6 Å². The fraction of sp³-hybridized carbons (Fsp3) is 0.400. The summed E-state index contributed by atoms with van der Waals surface area (Å²) >= 11 is 12.4. The normalized spacial score (nSPS) is 21.4. The van der Waals surface area contributed by atoms with Gasteiger partial charge in [0.25, 0.3) is 0 Å². The number of benzene rings is 1. The summed E-state index contributed by atoms with van der Waals surface area (Å²) in [5, 5.41) is 10.2. The van der Waals surface area contributed by atoms with Gasteiger partial charge in [-0.25, -0.2) is 4.79 Å². The Morgan fingerprint density at radius 3 is 2.73 bits per heavy atom. The van der Waals surface area contributed by atoms with Gasteiger partial charge >= 0.3 is 6.09 Å². The molecule has 0 aromatic heterocycles. The first kappa shape index (κ1) is 16.8. The molecule has 5 nitrogen and oxygen atoms in total. The minimum Gasteiger partial charge on any atom is -0.505 e. The standard InChI is InChI=1S/C15H17Cl2NO4/c1-21-6-5-10-7-9(8-18(10)15(19)20)13-12(22-2)4-3-11(16)14(13)17/h3-6,9-10H,7-8H2,1-2H3,(H,19,20)/b6-5+/t9-,10+/m0/s1. The maximum Gasteiger partial charge on any atom is 0.407 e. The van der Waals surface area contributed by atoms with E-state index in [0.717, 1.165) is 5.56 Å². The van der Waals surface area contributed by atoms with E-state index < -0.39 is 6.09 Å². The lowest BCUT2D eigenvalue weighted by atomic mass is 9.95. The molecule has 0 bridgehead atoms. The smallest absolute Gasteiger partial charge is 0.407 e. The number of methoxy groups -OCH3 is 2. The van der Waals surface area contributed by atoms with Gasteiger partial charge in [0, 0.05) is 18.0 Å². The molecule has 0 spiro atoms. The van der Waals surface area contributed by atoms with Gasteiger partial charge in [0.15, 0.2) is 0 Å². The third-order valence-corrected chi connectivity index (χ3v) is 4.57. The Kier molecular flexibility index (Phi) is 5.42. The molecule has 0 aliphatic carbocycles. The van der Waals surface area contributed by atoms with Crippen molar-refractivity contribution in [3.8, 4) is 5.75 Å². The molecule has 1 aliphatic heterocycles. The Labute approximate surface area is 139 Å². The van der Waals surface area contributed by atoms with E-state index in [9.17, 15) is 9.90 Å². The number of hydrogen-bond acceptors (Lipinski definition) is 3. The molecule has 1 saturated heterocycles. The van der Waals surface area contributed by atoms with Crippen LogP contribution in [-0.2, 0) is 4.74 Å². The first-order chi connectivity index (χ1) is 10.5. The Morgan fingerprint density at radius 2 is 2.14 bits per heavy atom. The third-order valence-electron chi connectivity index (χ3n) is 3.75. The van der Waals surface area contributed by atoms with E-state index in [1.165, 1.54) is 18.3 Å². The second-order valence-electron chi connectivity index (χ2n) is 4.98. The van der Waals surface area contributed by atoms with Crippen LogP contribution in [0.15, 0.2) is 24.5 Å². The van der Waals surface area contributed by atoms with E-state index in [-0.39, 0.29) is 12.0 Å². The van der Waals surface area contributed by atoms with Gasteiger partial charge in [0.1, 0.15) is 5.75 Å². The zero-order valence-electron chi connectivity index (χ0n) is 12.3. The number of halogens is 2. The van der Waals surface area contributed by atoms with E-state index in [4.69, 9.17) is 32.7 Å². The van der Waals surface area contributed by atoms with Crippen LogP contribution in [0, 0.1) is 0 Å². The van der Waals surface area contributed by atoms with Crippen LogP contribution in [0.4, 0.5) is 4.79 Å². The SMILES string of the molecule is CO/C=C/[C@@H]1C[C@H](c2c(OC)ccc(Cl)c2Cl)CN1C(=O)O. The molecule has 120 valence electrons. The molecule has 1 amide bonds. The molecule has 1 aromatic carbocycles. The summed E-state index contributed by atoms with van der Waals surface area (Å²) in [6.07, 6.45) is 2.81. The fourth-order valence-corrected chi connectivity index (χ4v) is 3.23. The fourth-order valence-electron chi connectivity index (χ4n) is 2.75. The zero-order chi connectivity index (χ0) is 16.3. The van der Waals surface area contributed by atoms with Gasteiger partial charge in [-0.2, -0.15) is 0 Å². The van der Waals surface area contributed by atoms with Gasteiger partial charge < -0.3 is 19.5 Å². The number of carbonyl (C=O) groups is 1. The van der Waals surface area contributed by atoms with Crippen molar-refractivity contribution in [3.63, 3.8) is 0 Å². The average molecular weight is 346 g/mol. The minimum absolute atomic E-state index is 0.0937. The predicted octanol–water partition coefficient (Wildman–Crippen LogP) is 4.00. The van der Waals surface area contributed by atoms with Crippen molar-refractivity contribution in [2.45, 2.75) is 18.4 Å². The van der Waals surface area contributed by atoms with Gasteiger partial charge in [0.2, 0.25) is 0 Å². The van der Waals surface area contributed by atoms with Crippen molar-refractivity contribution in [2.24, 2.45) is 0 Å². The number of likely N-dealkylation sites (tertiary alicyclic amines) is 1. The summed E-state index contributed by atoms with van der Waals surface area (Å²) in [5.74, 6) is 0.518. The van der Waals surface area contributed by atoms with Crippen LogP contribution in [0.25, 0.3) is 0 Å². The molecule has 2 atom stereocenters. The molecular formula is C15H17Cl2NO4. The average Bonchev–Trinajstić information content (AvgIpc) is 2.91. The van der Waals surface area contributed by atoms with Gasteiger partial charge in [-0.05, 0) is 24.6 Å². The van der Waals surface area contributed by atoms with Crippen LogP contribution in [0.3, 0.4) is 0 Å². The van der Waals surface area contributed by atoms with Crippen molar-refractivity contribution in [1.29, 1.82) is 0 Å². The molecule has 1 N–H and O–H groups in total. The first-order valence-electron chi connectivity index (χ1n) is 6.70. The quantitative estimate of drug-likeness (QED) is 0.838. The summed E-state index contributed by atoms with van der Waals surface area (Å²) in [4.78, 5) is 12.8. The zero-order valence-corrected chi connectivity index (χ0v) is 13.8. The maximum absolute atomic E-state index is 11.4. The second kappa shape index (κ2) is 7.11. The third kappa shape index (κ3) is 3.25. The van der Waals surface area contributed by atoms with Crippen LogP contribution >= 0.6 is 23.2 Å². The molecule has 1 heterocycles. The van der Waals surface area contributed by atoms with E-state index in [1.807, 2.05) is 0 Å². The molecule has 0 unspecified atom stereocenters. The van der Waals surface area contributed by atoms with Crippen LogP contribution in [-0.4, -0.2) is 42.9 Å². The van der Waals surface area contributed by atoms with Crippen LogP contribution in [0.5, 0.6) is 5.75 Å². The Bertz CT molecular complexity index is 591. The second-order valence-corrected chi connectivity index (χ2v) is 5.76. The topological polar surface area (TPSA) is 59.0 Å². The highest BCUT2D eigenvalue weighted by Gasteiger charge is 2.37. The van der Waals surface area contributed by atoms with E-state index in [1.54, 1.807) is 25.3 Å². The lowest BCUT2D eigenvalue weighted by Crippen LogP contribution is -2.33. The number of hydrogen-bond donors (Lipinski definition) is 1. The Morgan fingerprint density at radius 1 is 1.41 bits per heavy atom. The number of amides is 1. The summed E-state index contributed by atoms with van der Waals surface area (Å²) < 4.78 is 10.2. The molecule has 0 radical (unpaired) electrons. The molecule has 1 aromatic rings. The van der Waals surface area contributed by atoms with Crippen LogP contribution in [0.2, 0.25) is 10.0 Å². The number of rotatable bonds is 4. The van der Waals surface area contributed by atoms with Crippen molar-refractivity contribution in [2.75, 3.05) is 20.8 Å². The lowest BCUT2D eigenvalue weighted by molar-refractivity contribution is 0.146. The molecular weight excluding hydrogens is 329 g/mol. The lowest BCUT2D eigenvalue weighted by Gasteiger charge is -2.18. The number of ether oxygens (including phenoxy) is 2. The highest BCUT2D eigenvalue weighted by atomic mass is 35.5. The van der Waals surface area contributed by atoms with Crippen molar-refractivity contribution < 1.29 is 19.4 Å². The van der Waals surface area contributed by atoms with Gasteiger partial charge in [-0.3, -0.25) is 0 Å². The molecule has 7 heteroatoms. The molecule has 2 rings (SSSR count). The largest absolute Gasteiger partial charge is 0.505 e. The highest BCUT2D eigenvalue weighted by Crippen LogP contribution is 2.43. The van der Waals surface area contributed by atoms with Gasteiger partial charge in [-0.15, -0.1) is 0 Å². The number of carboxylic acid groups (broad SMARTS) is 1. The van der Waals surface area contributed by atoms with E-state index in [0.29, 0.717) is 28.8 Å². The van der Waals surface area contributed by atoms with E-state index >= 15 is 0 Å². The first-order valence-corrected chi connectivity index (χ1v) is 7.46. The highest BCUT2D eigenvalue weighted by molar-refractivity contribution is 6.42. The van der Waals surface area contributed by atoms with Crippen LogP contribution < -0.4 is 4.74 Å². The summed E-state index contributed by atoms with van der Waals surface area (Å²) in [5.41, 5.74) is 0.747. The maximum atomic E-state index is 11.4. The summed E-state index contributed by atoms with van der Waals surface area (Å²) in [6, 6.07) is 3.13. The van der Waals surface area contributed by atoms with E-state index in [2.05, 4.69) is 0 Å². The monoisotopic (exact) mass is 345 g/mol. The molecule has 0 saturated carbocycles. The molecule has 1 aliphatic rings. The van der Waals surface area contributed by atoms with Gasteiger partial charge in [-0.1, -0.05) is 23.2 Å². The van der Waals surface area contributed by atoms with Crippen molar-refractivity contribution in [1.82, 2.24) is 4.90 Å². The number of nitrogens with zero attached hydrogens (tertiary/aromatic N) is 1. The predicted molar refractivity (Wildman–Crippen MR) is 85.0 cm³/mol. The van der Waals surface area contributed by atoms with Crippen LogP contribution in [0.1, 0.15) is 17.9 Å². The Hall–Kier alpha value is -1.59. The summed E-state index contributed by atoms with van der Waals surface area (Å²) in [6.45, 7) is 0.324. The summed E-state index contributed by atoms with van der Waals surface area (Å²) in [7, 11) is 3.07. The van der Waals surface area contributed by atoms with Crippen molar-refractivity contribution in [3.05, 3.63) is 40.1 Å². The Balaban J connectivity index is 2.36.